The van der Waals surface area contributed by atoms with Gasteiger partial charge in [-0.1, -0.05) is 17.3 Å². The molecule has 154 valence electrons. The monoisotopic (exact) mass is 416 g/mol. The van der Waals surface area contributed by atoms with Crippen molar-refractivity contribution in [3.8, 4) is 5.75 Å². The zero-order valence-corrected chi connectivity index (χ0v) is 17.3. The van der Waals surface area contributed by atoms with Crippen LogP contribution in [0.15, 0.2) is 45.9 Å². The van der Waals surface area contributed by atoms with Crippen LogP contribution in [0.5, 0.6) is 5.75 Å². The summed E-state index contributed by atoms with van der Waals surface area (Å²) in [5.41, 5.74) is 1.99. The van der Waals surface area contributed by atoms with E-state index in [4.69, 9.17) is 9.26 Å². The first-order chi connectivity index (χ1) is 14.0. The lowest BCUT2D eigenvalue weighted by Crippen LogP contribution is -2.36. The fourth-order valence-electron chi connectivity index (χ4n) is 3.68. The maximum atomic E-state index is 12.9. The van der Waals surface area contributed by atoms with E-state index in [0.717, 1.165) is 37.2 Å². The zero-order chi connectivity index (χ0) is 20.4. The van der Waals surface area contributed by atoms with Gasteiger partial charge < -0.3 is 9.26 Å². The number of aryl methyl sites for hydroxylation is 1. The molecular formula is C20H24N4O4S. The van der Waals surface area contributed by atoms with Crippen molar-refractivity contribution in [2.24, 2.45) is 0 Å². The Morgan fingerprint density at radius 1 is 1.24 bits per heavy atom. The first-order valence-corrected chi connectivity index (χ1v) is 11.1. The predicted molar refractivity (Wildman–Crippen MR) is 108 cm³/mol. The third-order valence-electron chi connectivity index (χ3n) is 5.34. The molecule has 1 aromatic carbocycles. The summed E-state index contributed by atoms with van der Waals surface area (Å²) in [5, 5.41) is 4.43. The largest absolute Gasteiger partial charge is 0.497 e. The summed E-state index contributed by atoms with van der Waals surface area (Å²) >= 11 is 0. The molecule has 1 aliphatic rings. The number of benzene rings is 1. The molecule has 1 fully saturated rings. The van der Waals surface area contributed by atoms with E-state index >= 15 is 0 Å². The molecule has 0 bridgehead atoms. The standard InChI is InChI=1S/C20H24N4O4S/c1-14-18-11-17(12-21-20(18)28-23-14)29(25,26)22-13-19(24-9-3-4-10-24)15-5-7-16(27-2)8-6-15/h5-8,11-12,19,22H,3-4,9-10,13H2,1-2H3. The maximum absolute atomic E-state index is 12.9. The van der Waals surface area contributed by atoms with E-state index in [1.165, 1.54) is 6.20 Å². The van der Waals surface area contributed by atoms with Crippen LogP contribution in [0.25, 0.3) is 11.1 Å². The lowest BCUT2D eigenvalue weighted by atomic mass is 10.1. The third kappa shape index (κ3) is 4.12. The Kier molecular flexibility index (Phi) is 5.53. The van der Waals surface area contributed by atoms with Crippen molar-refractivity contribution in [2.75, 3.05) is 26.7 Å². The minimum Gasteiger partial charge on any atom is -0.497 e. The molecular weight excluding hydrogens is 392 g/mol. The molecule has 1 unspecified atom stereocenters. The number of ether oxygens (including phenoxy) is 1. The quantitative estimate of drug-likeness (QED) is 0.632. The fraction of sp³-hybridized carbons (Fsp3) is 0.400. The van der Waals surface area contributed by atoms with Gasteiger partial charge in [0, 0.05) is 12.6 Å². The van der Waals surface area contributed by atoms with Crippen molar-refractivity contribution in [3.05, 3.63) is 47.8 Å². The Bertz CT molecular complexity index is 1090. The van der Waals surface area contributed by atoms with Crippen molar-refractivity contribution in [3.63, 3.8) is 0 Å². The molecule has 1 aliphatic heterocycles. The number of aromatic nitrogens is 2. The van der Waals surface area contributed by atoms with Gasteiger partial charge in [-0.05, 0) is 56.6 Å². The number of sulfonamides is 1. The number of methoxy groups -OCH3 is 1. The second-order valence-electron chi connectivity index (χ2n) is 7.18. The third-order valence-corrected chi connectivity index (χ3v) is 6.73. The van der Waals surface area contributed by atoms with Gasteiger partial charge in [0.2, 0.25) is 10.0 Å². The molecule has 3 heterocycles. The second-order valence-corrected chi connectivity index (χ2v) is 8.94. The van der Waals surface area contributed by atoms with Crippen molar-refractivity contribution in [1.82, 2.24) is 19.8 Å². The molecule has 4 rings (SSSR count). The summed E-state index contributed by atoms with van der Waals surface area (Å²) < 4.78 is 38.9. The Balaban J connectivity index is 1.57. The number of nitrogens with one attached hydrogen (secondary N) is 1. The molecule has 2 aromatic heterocycles. The normalized spacial score (nSPS) is 16.3. The lowest BCUT2D eigenvalue weighted by Gasteiger charge is -2.28. The zero-order valence-electron chi connectivity index (χ0n) is 16.5. The molecule has 9 heteroatoms. The highest BCUT2D eigenvalue weighted by molar-refractivity contribution is 7.89. The van der Waals surface area contributed by atoms with E-state index in [1.54, 1.807) is 20.1 Å². The predicted octanol–water partition coefficient (Wildman–Crippen LogP) is 2.66. The van der Waals surface area contributed by atoms with Gasteiger partial charge >= 0.3 is 0 Å². The van der Waals surface area contributed by atoms with E-state index in [9.17, 15) is 8.42 Å². The van der Waals surface area contributed by atoms with Gasteiger partial charge in [-0.15, -0.1) is 0 Å². The number of nitrogens with zero attached hydrogens (tertiary/aromatic N) is 3. The maximum Gasteiger partial charge on any atom is 0.257 e. The van der Waals surface area contributed by atoms with Gasteiger partial charge in [0.1, 0.15) is 10.6 Å². The molecule has 0 spiro atoms. The van der Waals surface area contributed by atoms with Crippen molar-refractivity contribution in [2.45, 2.75) is 30.7 Å². The van der Waals surface area contributed by atoms with Gasteiger partial charge in [-0.25, -0.2) is 18.1 Å². The van der Waals surface area contributed by atoms with Crippen LogP contribution in [0.3, 0.4) is 0 Å². The van der Waals surface area contributed by atoms with Crippen LogP contribution in [0.4, 0.5) is 0 Å². The summed E-state index contributed by atoms with van der Waals surface area (Å²) in [6.07, 6.45) is 3.53. The summed E-state index contributed by atoms with van der Waals surface area (Å²) in [6.45, 7) is 3.93. The molecule has 0 radical (unpaired) electrons. The van der Waals surface area contributed by atoms with Crippen LogP contribution < -0.4 is 9.46 Å². The first-order valence-electron chi connectivity index (χ1n) is 9.57. The van der Waals surface area contributed by atoms with Gasteiger partial charge in [0.05, 0.1) is 24.4 Å². The number of likely N-dealkylation sites (tertiary alicyclic amines) is 1. The van der Waals surface area contributed by atoms with E-state index in [-0.39, 0.29) is 17.5 Å². The first kappa shape index (κ1) is 19.8. The van der Waals surface area contributed by atoms with Crippen molar-refractivity contribution < 1.29 is 17.7 Å². The minimum absolute atomic E-state index is 0.0489. The minimum atomic E-state index is -3.73. The highest BCUT2D eigenvalue weighted by Crippen LogP contribution is 2.27. The second kappa shape index (κ2) is 8.10. The van der Waals surface area contributed by atoms with Crippen LogP contribution in [0.2, 0.25) is 0 Å². The van der Waals surface area contributed by atoms with Gasteiger partial charge in [0.15, 0.2) is 0 Å². The highest BCUT2D eigenvalue weighted by atomic mass is 32.2. The molecule has 1 saturated heterocycles. The molecule has 0 amide bonds. The van der Waals surface area contributed by atoms with E-state index in [0.29, 0.717) is 16.8 Å². The molecule has 8 nitrogen and oxygen atoms in total. The number of rotatable bonds is 7. The van der Waals surface area contributed by atoms with Crippen LogP contribution in [0.1, 0.15) is 30.1 Å². The SMILES string of the molecule is COc1ccc(C(CNS(=O)(=O)c2cnc3onc(C)c3c2)N2CCCC2)cc1. The van der Waals surface area contributed by atoms with Gasteiger partial charge in [-0.3, -0.25) is 4.90 Å². The summed E-state index contributed by atoms with van der Waals surface area (Å²) in [6, 6.07) is 9.29. The molecule has 0 saturated carbocycles. The topological polar surface area (TPSA) is 97.6 Å². The fourth-order valence-corrected chi connectivity index (χ4v) is 4.69. The molecule has 1 atom stereocenters. The summed E-state index contributed by atoms with van der Waals surface area (Å²) in [4.78, 5) is 6.50. The number of hydrogen-bond acceptors (Lipinski definition) is 7. The highest BCUT2D eigenvalue weighted by Gasteiger charge is 2.26. The number of fused-ring (bicyclic) bond motifs is 1. The summed E-state index contributed by atoms with van der Waals surface area (Å²) in [5.74, 6) is 0.776. The van der Waals surface area contributed by atoms with Crippen LogP contribution in [-0.2, 0) is 10.0 Å². The van der Waals surface area contributed by atoms with Crippen molar-refractivity contribution in [1.29, 1.82) is 0 Å². The van der Waals surface area contributed by atoms with Crippen molar-refractivity contribution >= 4 is 21.1 Å². The Morgan fingerprint density at radius 3 is 2.66 bits per heavy atom. The van der Waals surface area contributed by atoms with E-state index < -0.39 is 10.0 Å². The van der Waals surface area contributed by atoms with E-state index in [1.807, 2.05) is 24.3 Å². The summed E-state index contributed by atoms with van der Waals surface area (Å²) in [7, 11) is -2.10. The van der Waals surface area contributed by atoms with E-state index in [2.05, 4.69) is 19.8 Å². The average Bonchev–Trinajstić information content (AvgIpc) is 3.39. The van der Waals surface area contributed by atoms with Crippen LogP contribution in [-0.4, -0.2) is 50.2 Å². The molecule has 29 heavy (non-hydrogen) atoms. The molecule has 0 aliphatic carbocycles. The van der Waals surface area contributed by atoms with Gasteiger partial charge in [-0.2, -0.15) is 0 Å². The average molecular weight is 417 g/mol. The lowest BCUT2D eigenvalue weighted by molar-refractivity contribution is 0.246. The Hall–Kier alpha value is -2.49. The van der Waals surface area contributed by atoms with Crippen LogP contribution in [0, 0.1) is 6.92 Å². The number of pyridine rings is 1. The smallest absolute Gasteiger partial charge is 0.257 e. The molecule has 3 aromatic rings. The van der Waals surface area contributed by atoms with Crippen LogP contribution >= 0.6 is 0 Å². The Labute approximate surface area is 169 Å². The molecule has 1 N–H and O–H groups in total. The Morgan fingerprint density at radius 2 is 1.97 bits per heavy atom. The van der Waals surface area contributed by atoms with Gasteiger partial charge in [0.25, 0.3) is 5.71 Å². The number of hydrogen-bond donors (Lipinski definition) is 1.